The Labute approximate surface area is 156 Å². The number of para-hydroxylation sites is 1. The predicted octanol–water partition coefficient (Wildman–Crippen LogP) is 2.73. The number of aromatic amines is 1. The van der Waals surface area contributed by atoms with E-state index < -0.39 is 12.1 Å². The second kappa shape index (κ2) is 7.86. The van der Waals surface area contributed by atoms with Crippen molar-refractivity contribution >= 4 is 22.8 Å². The molecule has 6 nitrogen and oxygen atoms in total. The molecule has 1 atom stereocenters. The van der Waals surface area contributed by atoms with Crippen LogP contribution in [-0.2, 0) is 16.1 Å². The molecule has 3 rings (SSSR count). The number of carbonyl (C=O) groups is 2. The summed E-state index contributed by atoms with van der Waals surface area (Å²) in [6, 6.07) is 17.6. The van der Waals surface area contributed by atoms with Crippen LogP contribution >= 0.6 is 0 Å². The average molecular weight is 364 g/mol. The molecule has 0 aliphatic heterocycles. The predicted molar refractivity (Wildman–Crippen MR) is 102 cm³/mol. The third kappa shape index (κ3) is 4.23. The first-order valence-electron chi connectivity index (χ1n) is 8.57. The number of hydrogen-bond acceptors (Lipinski definition) is 4. The smallest absolute Gasteiger partial charge is 0.355 e. The zero-order chi connectivity index (χ0) is 19.4. The van der Waals surface area contributed by atoms with Gasteiger partial charge in [-0.1, -0.05) is 42.5 Å². The van der Waals surface area contributed by atoms with E-state index in [2.05, 4.69) is 4.98 Å². The molecule has 0 bridgehead atoms. The lowest BCUT2D eigenvalue weighted by molar-refractivity contribution is -0.139. The van der Waals surface area contributed by atoms with E-state index in [-0.39, 0.29) is 17.0 Å². The maximum absolute atomic E-state index is 12.5. The van der Waals surface area contributed by atoms with E-state index in [0.29, 0.717) is 17.4 Å². The van der Waals surface area contributed by atoms with Gasteiger partial charge in [-0.15, -0.1) is 0 Å². The number of H-pyrrole nitrogens is 1. The fourth-order valence-corrected chi connectivity index (χ4v) is 2.83. The minimum Gasteiger partial charge on any atom is -0.448 e. The maximum atomic E-state index is 12.5. The molecule has 0 aliphatic carbocycles. The summed E-state index contributed by atoms with van der Waals surface area (Å²) < 4.78 is 5.26. The number of benzene rings is 2. The van der Waals surface area contributed by atoms with Crippen molar-refractivity contribution in [3.63, 3.8) is 0 Å². The Balaban J connectivity index is 1.69. The highest BCUT2D eigenvalue weighted by atomic mass is 16.5. The van der Waals surface area contributed by atoms with Crippen molar-refractivity contribution in [1.29, 1.82) is 0 Å². The van der Waals surface area contributed by atoms with Gasteiger partial charge < -0.3 is 14.6 Å². The average Bonchev–Trinajstić information content (AvgIpc) is 2.68. The van der Waals surface area contributed by atoms with Gasteiger partial charge >= 0.3 is 5.97 Å². The second-order valence-electron chi connectivity index (χ2n) is 6.32. The van der Waals surface area contributed by atoms with Crippen LogP contribution in [0.15, 0.2) is 65.5 Å². The van der Waals surface area contributed by atoms with Crippen LogP contribution in [0.5, 0.6) is 0 Å². The van der Waals surface area contributed by atoms with Gasteiger partial charge in [0.05, 0.1) is 0 Å². The van der Waals surface area contributed by atoms with Crippen molar-refractivity contribution in [2.45, 2.75) is 19.6 Å². The third-order valence-electron chi connectivity index (χ3n) is 4.23. The molecule has 6 heteroatoms. The van der Waals surface area contributed by atoms with Crippen molar-refractivity contribution in [1.82, 2.24) is 9.88 Å². The van der Waals surface area contributed by atoms with Gasteiger partial charge in [0.2, 0.25) is 0 Å². The highest BCUT2D eigenvalue weighted by Crippen LogP contribution is 2.10. The van der Waals surface area contributed by atoms with Crippen molar-refractivity contribution in [2.75, 3.05) is 7.05 Å². The lowest BCUT2D eigenvalue weighted by Gasteiger charge is -2.21. The summed E-state index contributed by atoms with van der Waals surface area (Å²) in [5.41, 5.74) is 1.25. The first-order valence-corrected chi connectivity index (χ1v) is 8.57. The second-order valence-corrected chi connectivity index (χ2v) is 6.32. The van der Waals surface area contributed by atoms with Crippen LogP contribution in [0.3, 0.4) is 0 Å². The maximum Gasteiger partial charge on any atom is 0.355 e. The van der Waals surface area contributed by atoms with Gasteiger partial charge in [-0.05, 0) is 24.6 Å². The highest BCUT2D eigenvalue weighted by molar-refractivity contribution is 5.93. The molecule has 1 N–H and O–H groups in total. The van der Waals surface area contributed by atoms with E-state index in [0.717, 1.165) is 5.56 Å². The van der Waals surface area contributed by atoms with Gasteiger partial charge in [-0.2, -0.15) is 0 Å². The topological polar surface area (TPSA) is 79.5 Å². The lowest BCUT2D eigenvalue weighted by atomic mass is 10.2. The largest absolute Gasteiger partial charge is 0.448 e. The Hall–Kier alpha value is -3.41. The molecule has 27 heavy (non-hydrogen) atoms. The molecule has 2 aromatic carbocycles. The standard InChI is InChI=1S/C21H20N2O4/c1-14(20(25)23(2)13-15-8-4-3-5-9-15)27-21(26)18-12-19(24)16-10-6-7-11-17(16)22-18/h3-12,14H,13H2,1-2H3,(H,22,24)/t14-/m0/s1. The number of amides is 1. The first kappa shape index (κ1) is 18.4. The Morgan fingerprint density at radius 1 is 1.07 bits per heavy atom. The van der Waals surface area contributed by atoms with Crippen molar-refractivity contribution in [3.8, 4) is 0 Å². The number of pyridine rings is 1. The molecule has 0 aliphatic rings. The monoisotopic (exact) mass is 364 g/mol. The zero-order valence-electron chi connectivity index (χ0n) is 15.1. The molecule has 0 unspecified atom stereocenters. The first-order chi connectivity index (χ1) is 13.0. The van der Waals surface area contributed by atoms with Crippen LogP contribution in [0.4, 0.5) is 0 Å². The number of nitrogens with one attached hydrogen (secondary N) is 1. The molecule has 3 aromatic rings. The van der Waals surface area contributed by atoms with E-state index in [1.165, 1.54) is 17.9 Å². The van der Waals surface area contributed by atoms with Crippen molar-refractivity contribution in [2.24, 2.45) is 0 Å². The minimum atomic E-state index is -0.971. The van der Waals surface area contributed by atoms with Crippen LogP contribution in [0.1, 0.15) is 23.0 Å². The van der Waals surface area contributed by atoms with Crippen LogP contribution in [0.2, 0.25) is 0 Å². The molecule has 0 radical (unpaired) electrons. The molecule has 0 saturated heterocycles. The van der Waals surface area contributed by atoms with Crippen LogP contribution < -0.4 is 5.43 Å². The van der Waals surface area contributed by atoms with E-state index in [1.54, 1.807) is 31.3 Å². The molecule has 0 saturated carbocycles. The molecular formula is C21H20N2O4. The fourth-order valence-electron chi connectivity index (χ4n) is 2.83. The number of rotatable bonds is 5. The van der Waals surface area contributed by atoms with E-state index in [1.807, 2.05) is 30.3 Å². The number of ether oxygens (including phenoxy) is 1. The number of carbonyl (C=O) groups excluding carboxylic acids is 2. The van der Waals surface area contributed by atoms with Crippen molar-refractivity contribution in [3.05, 3.63) is 82.1 Å². The fraction of sp³-hybridized carbons (Fsp3) is 0.190. The molecule has 1 aromatic heterocycles. The van der Waals surface area contributed by atoms with E-state index >= 15 is 0 Å². The van der Waals surface area contributed by atoms with E-state index in [9.17, 15) is 14.4 Å². The summed E-state index contributed by atoms with van der Waals surface area (Å²) in [6.07, 6.45) is -0.971. The number of fused-ring (bicyclic) bond motifs is 1. The van der Waals surface area contributed by atoms with Crippen LogP contribution in [0, 0.1) is 0 Å². The molecule has 1 heterocycles. The van der Waals surface area contributed by atoms with Gasteiger partial charge in [0.1, 0.15) is 5.69 Å². The van der Waals surface area contributed by atoms with E-state index in [4.69, 9.17) is 4.74 Å². The third-order valence-corrected chi connectivity index (χ3v) is 4.23. The molecule has 1 amide bonds. The quantitative estimate of drug-likeness (QED) is 0.706. The van der Waals surface area contributed by atoms with Gasteiger partial charge in [0.15, 0.2) is 11.5 Å². The SMILES string of the molecule is C[C@H](OC(=O)c1cc(=O)c2ccccc2[nH]1)C(=O)N(C)Cc1ccccc1. The summed E-state index contributed by atoms with van der Waals surface area (Å²) >= 11 is 0. The van der Waals surface area contributed by atoms with Gasteiger partial charge in [-0.25, -0.2) is 4.79 Å². The van der Waals surface area contributed by atoms with Crippen molar-refractivity contribution < 1.29 is 14.3 Å². The van der Waals surface area contributed by atoms with Crippen LogP contribution in [-0.4, -0.2) is 34.9 Å². The Kier molecular flexibility index (Phi) is 5.35. The zero-order valence-corrected chi connectivity index (χ0v) is 15.1. The van der Waals surface area contributed by atoms with Gasteiger partial charge in [0, 0.05) is 30.6 Å². The number of nitrogens with zero attached hydrogens (tertiary/aromatic N) is 1. The molecule has 0 spiro atoms. The summed E-state index contributed by atoms with van der Waals surface area (Å²) in [5, 5.41) is 0.487. The molecular weight excluding hydrogens is 344 g/mol. The number of esters is 1. The van der Waals surface area contributed by atoms with Gasteiger partial charge in [-0.3, -0.25) is 9.59 Å². The van der Waals surface area contributed by atoms with Crippen LogP contribution in [0.25, 0.3) is 10.9 Å². The number of likely N-dealkylation sites (N-methyl/N-ethyl adjacent to an activating group) is 1. The Morgan fingerprint density at radius 2 is 1.74 bits per heavy atom. The number of aromatic nitrogens is 1. The summed E-state index contributed by atoms with van der Waals surface area (Å²) in [4.78, 5) is 41.4. The highest BCUT2D eigenvalue weighted by Gasteiger charge is 2.23. The summed E-state index contributed by atoms with van der Waals surface area (Å²) in [5.74, 6) is -1.07. The molecule has 0 fully saturated rings. The van der Waals surface area contributed by atoms with Gasteiger partial charge in [0.25, 0.3) is 5.91 Å². The summed E-state index contributed by atoms with van der Waals surface area (Å²) in [7, 11) is 1.65. The summed E-state index contributed by atoms with van der Waals surface area (Å²) in [6.45, 7) is 1.93. The lowest BCUT2D eigenvalue weighted by Crippen LogP contribution is -2.37. The molecule has 138 valence electrons. The Morgan fingerprint density at radius 3 is 2.48 bits per heavy atom. The Bertz CT molecular complexity index is 1030. The number of hydrogen-bond donors (Lipinski definition) is 1. The minimum absolute atomic E-state index is 0.0177. The normalized spacial score (nSPS) is 11.8.